The van der Waals surface area contributed by atoms with Crippen LogP contribution >= 0.6 is 0 Å². The van der Waals surface area contributed by atoms with Gasteiger partial charge in [0.15, 0.2) is 0 Å². The van der Waals surface area contributed by atoms with Gasteiger partial charge in [0.2, 0.25) is 0 Å². The van der Waals surface area contributed by atoms with Crippen molar-refractivity contribution in [3.63, 3.8) is 0 Å². The highest BCUT2D eigenvalue weighted by Gasteiger charge is 1.89. The number of unbranched alkanes of at least 4 members (excludes halogenated alkanes) is 9. The van der Waals surface area contributed by atoms with Crippen molar-refractivity contribution < 1.29 is 9.90 Å². The van der Waals surface area contributed by atoms with Crippen molar-refractivity contribution in [2.45, 2.75) is 84.0 Å². The van der Waals surface area contributed by atoms with Crippen LogP contribution in [0.3, 0.4) is 0 Å². The predicted octanol–water partition coefficient (Wildman–Crippen LogP) is 5.89. The molecule has 0 unspecified atom stereocenters. The first-order chi connectivity index (χ1) is 10.8. The van der Waals surface area contributed by atoms with E-state index >= 15 is 0 Å². The smallest absolute Gasteiger partial charge is 0.381 e. The Kier molecular flexibility index (Phi) is 16.4. The van der Waals surface area contributed by atoms with E-state index in [1.807, 2.05) is 0 Å². The number of carboxylic acid groups (broad SMARTS) is 1. The zero-order valence-electron chi connectivity index (χ0n) is 14.2. The van der Waals surface area contributed by atoms with Crippen molar-refractivity contribution in [2.24, 2.45) is 0 Å². The van der Waals surface area contributed by atoms with Crippen molar-refractivity contribution in [3.8, 4) is 11.8 Å². The summed E-state index contributed by atoms with van der Waals surface area (Å²) in [7, 11) is 0. The van der Waals surface area contributed by atoms with E-state index in [1.165, 1.54) is 51.4 Å². The molecule has 0 aromatic heterocycles. The summed E-state index contributed by atoms with van der Waals surface area (Å²) < 4.78 is 0. The van der Waals surface area contributed by atoms with Crippen molar-refractivity contribution in [3.05, 3.63) is 24.3 Å². The molecule has 0 heterocycles. The van der Waals surface area contributed by atoms with Gasteiger partial charge in [-0.3, -0.25) is 0 Å². The summed E-state index contributed by atoms with van der Waals surface area (Å²) in [4.78, 5) is 10.2. The van der Waals surface area contributed by atoms with E-state index in [0.29, 0.717) is 6.42 Å². The molecule has 2 heteroatoms. The molecule has 0 amide bonds. The molecule has 0 spiro atoms. The molecule has 0 saturated heterocycles. The Morgan fingerprint density at radius 2 is 1.45 bits per heavy atom. The number of carbonyl (C=O) groups is 1. The standard InChI is InChI=1S/C20H32O2/c1-2-3-4-5-6-7-8-9-10-11-12-13-14-15-16-17-18-19-20(21)22/h6-7,9-10H,2-5,8,11-17H2,1H3,(H,21,22). The minimum atomic E-state index is -1.03. The van der Waals surface area contributed by atoms with Gasteiger partial charge in [-0.25, -0.2) is 4.79 Å². The number of hydrogen-bond donors (Lipinski definition) is 1. The molecule has 0 aromatic carbocycles. The lowest BCUT2D eigenvalue weighted by Gasteiger charge is -1.97. The van der Waals surface area contributed by atoms with Crippen LogP contribution in [0.1, 0.15) is 84.0 Å². The van der Waals surface area contributed by atoms with Crippen molar-refractivity contribution >= 4 is 5.97 Å². The largest absolute Gasteiger partial charge is 0.472 e. The van der Waals surface area contributed by atoms with E-state index in [1.54, 1.807) is 0 Å². The molecule has 0 radical (unpaired) electrons. The number of aliphatic carboxylic acids is 1. The first-order valence-electron chi connectivity index (χ1n) is 8.79. The minimum absolute atomic E-state index is 0.705. The predicted molar refractivity (Wildman–Crippen MR) is 94.8 cm³/mol. The van der Waals surface area contributed by atoms with Crippen LogP contribution in [0.2, 0.25) is 0 Å². The van der Waals surface area contributed by atoms with Gasteiger partial charge < -0.3 is 5.11 Å². The van der Waals surface area contributed by atoms with Crippen LogP contribution in [0, 0.1) is 11.8 Å². The zero-order valence-corrected chi connectivity index (χ0v) is 14.2. The van der Waals surface area contributed by atoms with Gasteiger partial charge in [-0.15, -0.1) is 0 Å². The maximum Gasteiger partial charge on any atom is 0.381 e. The Morgan fingerprint density at radius 3 is 2.09 bits per heavy atom. The van der Waals surface area contributed by atoms with E-state index in [4.69, 9.17) is 5.11 Å². The van der Waals surface area contributed by atoms with Crippen molar-refractivity contribution in [1.29, 1.82) is 0 Å². The summed E-state index contributed by atoms with van der Waals surface area (Å²) in [6, 6.07) is 0. The molecule has 22 heavy (non-hydrogen) atoms. The molecule has 0 atom stereocenters. The lowest BCUT2D eigenvalue weighted by molar-refractivity contribution is -0.130. The van der Waals surface area contributed by atoms with E-state index < -0.39 is 5.97 Å². The van der Waals surface area contributed by atoms with Crippen LogP contribution in [0.4, 0.5) is 0 Å². The second-order valence-corrected chi connectivity index (χ2v) is 5.59. The minimum Gasteiger partial charge on any atom is -0.472 e. The van der Waals surface area contributed by atoms with Crippen LogP contribution in [0.15, 0.2) is 24.3 Å². The molecule has 0 aliphatic rings. The zero-order chi connectivity index (χ0) is 16.3. The lowest BCUT2D eigenvalue weighted by Crippen LogP contribution is -1.86. The molecule has 0 aliphatic heterocycles. The quantitative estimate of drug-likeness (QED) is 0.262. The summed E-state index contributed by atoms with van der Waals surface area (Å²) in [6.07, 6.45) is 23.1. The second-order valence-electron chi connectivity index (χ2n) is 5.59. The third kappa shape index (κ3) is 18.5. The Bertz CT molecular complexity index is 369. The average molecular weight is 304 g/mol. The van der Waals surface area contributed by atoms with Crippen molar-refractivity contribution in [1.82, 2.24) is 0 Å². The van der Waals surface area contributed by atoms with Crippen LogP contribution in [0.25, 0.3) is 0 Å². The molecule has 1 N–H and O–H groups in total. The lowest BCUT2D eigenvalue weighted by atomic mass is 10.1. The topological polar surface area (TPSA) is 37.3 Å². The fourth-order valence-corrected chi connectivity index (χ4v) is 2.16. The maximum atomic E-state index is 10.2. The normalized spacial score (nSPS) is 11.0. The monoisotopic (exact) mass is 304 g/mol. The Labute approximate surface area is 136 Å². The molecular weight excluding hydrogens is 272 g/mol. The van der Waals surface area contributed by atoms with Crippen LogP contribution < -0.4 is 0 Å². The number of carboxylic acids is 1. The summed E-state index contributed by atoms with van der Waals surface area (Å²) in [5.41, 5.74) is 0. The van der Waals surface area contributed by atoms with Gasteiger partial charge in [0.25, 0.3) is 0 Å². The maximum absolute atomic E-state index is 10.2. The molecule has 0 rings (SSSR count). The molecule has 0 saturated carbocycles. The van der Waals surface area contributed by atoms with E-state index in [-0.39, 0.29) is 0 Å². The summed E-state index contributed by atoms with van der Waals surface area (Å²) in [5.74, 6) is 3.79. The Hall–Kier alpha value is -1.49. The van der Waals surface area contributed by atoms with Crippen LogP contribution in [-0.2, 0) is 4.79 Å². The summed E-state index contributed by atoms with van der Waals surface area (Å²) in [5, 5.41) is 8.35. The van der Waals surface area contributed by atoms with Gasteiger partial charge in [-0.2, -0.15) is 0 Å². The third-order valence-corrected chi connectivity index (χ3v) is 3.45. The molecule has 0 fully saturated rings. The first kappa shape index (κ1) is 20.5. The van der Waals surface area contributed by atoms with E-state index in [0.717, 1.165) is 19.3 Å². The highest BCUT2D eigenvalue weighted by molar-refractivity contribution is 5.86. The summed E-state index contributed by atoms with van der Waals surface area (Å²) in [6.45, 7) is 2.24. The molecule has 0 bridgehead atoms. The fourth-order valence-electron chi connectivity index (χ4n) is 2.16. The SMILES string of the molecule is CCCCCC=CCC=CCCCCCCCC#CC(=O)O. The van der Waals surface area contributed by atoms with Gasteiger partial charge in [0, 0.05) is 12.3 Å². The first-order valence-corrected chi connectivity index (χ1v) is 8.79. The van der Waals surface area contributed by atoms with Gasteiger partial charge in [0.1, 0.15) is 0 Å². The summed E-state index contributed by atoms with van der Waals surface area (Å²) >= 11 is 0. The molecule has 0 aromatic rings. The van der Waals surface area contributed by atoms with E-state index in [2.05, 4.69) is 43.1 Å². The van der Waals surface area contributed by atoms with Gasteiger partial charge in [-0.05, 0) is 38.5 Å². The molecule has 0 aliphatic carbocycles. The highest BCUT2D eigenvalue weighted by atomic mass is 16.4. The molecular formula is C20H32O2. The third-order valence-electron chi connectivity index (χ3n) is 3.45. The Balaban J connectivity index is 3.24. The fraction of sp³-hybridized carbons (Fsp3) is 0.650. The average Bonchev–Trinajstić information content (AvgIpc) is 2.50. The highest BCUT2D eigenvalue weighted by Crippen LogP contribution is 2.07. The Morgan fingerprint density at radius 1 is 0.864 bits per heavy atom. The van der Waals surface area contributed by atoms with E-state index in [9.17, 15) is 4.79 Å². The van der Waals surface area contributed by atoms with Gasteiger partial charge in [0.05, 0.1) is 0 Å². The molecule has 2 nitrogen and oxygen atoms in total. The molecule has 124 valence electrons. The number of hydrogen-bond acceptors (Lipinski definition) is 1. The number of rotatable bonds is 13. The van der Waals surface area contributed by atoms with Crippen molar-refractivity contribution in [2.75, 3.05) is 0 Å². The number of allylic oxidation sites excluding steroid dienone is 4. The van der Waals surface area contributed by atoms with Gasteiger partial charge in [-0.1, -0.05) is 69.3 Å². The van der Waals surface area contributed by atoms with Crippen LogP contribution in [0.5, 0.6) is 0 Å². The van der Waals surface area contributed by atoms with Crippen LogP contribution in [-0.4, -0.2) is 11.1 Å². The second kappa shape index (κ2) is 17.6. The van der Waals surface area contributed by atoms with Gasteiger partial charge >= 0.3 is 5.97 Å².